The molecule has 4 aliphatic carbocycles. The number of fused-ring (bicyclic) bond motifs is 2. The van der Waals surface area contributed by atoms with Crippen LogP contribution < -0.4 is 4.74 Å². The lowest BCUT2D eigenvalue weighted by atomic mass is 10.2. The first kappa shape index (κ1) is 23.9. The fraction of sp³-hybridized carbons (Fsp3) is 0. The second kappa shape index (κ2) is 10.9. The van der Waals surface area contributed by atoms with Crippen LogP contribution in [-0.4, -0.2) is 5.97 Å². The number of ether oxygens (including phenoxy) is 1. The fourth-order valence-electron chi connectivity index (χ4n) is 4.29. The molecule has 39 heavy (non-hydrogen) atoms. The summed E-state index contributed by atoms with van der Waals surface area (Å²) in [6, 6.07) is 41.6. The van der Waals surface area contributed by atoms with E-state index in [1.54, 1.807) is 30.3 Å². The molecule has 0 aromatic heterocycles. The molecule has 2 aromatic rings. The van der Waals surface area contributed by atoms with E-state index in [4.69, 9.17) is 4.74 Å². The summed E-state index contributed by atoms with van der Waals surface area (Å²) < 4.78 is 5.74. The summed E-state index contributed by atoms with van der Waals surface area (Å²) in [5, 5.41) is 17.8. The summed E-state index contributed by atoms with van der Waals surface area (Å²) >= 11 is 0. The van der Waals surface area contributed by atoms with E-state index < -0.39 is 5.97 Å². The van der Waals surface area contributed by atoms with Crippen LogP contribution in [0.2, 0.25) is 0 Å². The van der Waals surface area contributed by atoms with E-state index in [2.05, 4.69) is 26.5 Å². The van der Waals surface area contributed by atoms with Gasteiger partial charge in [0, 0.05) is 22.8 Å². The largest absolute Gasteiger partial charge is 0.422 e. The van der Waals surface area contributed by atoms with Crippen molar-refractivity contribution in [2.45, 2.75) is 0 Å². The third kappa shape index (κ3) is 5.31. The summed E-state index contributed by atoms with van der Waals surface area (Å²) in [6.07, 6.45) is 0. The van der Waals surface area contributed by atoms with Crippen molar-refractivity contribution >= 4 is 28.7 Å². The Morgan fingerprint density at radius 1 is 0.487 bits per heavy atom. The molecule has 6 rings (SSSR count). The number of benzene rings is 2. The monoisotopic (exact) mass is 506 g/mol. The lowest BCUT2D eigenvalue weighted by Crippen LogP contribution is -2.07. The van der Waals surface area contributed by atoms with Gasteiger partial charge in [0.05, 0.1) is 28.3 Å². The fourth-order valence-corrected chi connectivity index (χ4v) is 4.29. The lowest BCUT2D eigenvalue weighted by Gasteiger charge is -2.04. The minimum Gasteiger partial charge on any atom is -0.422 e. The summed E-state index contributed by atoms with van der Waals surface area (Å²) in [5.41, 5.74) is 6.93. The van der Waals surface area contributed by atoms with Gasteiger partial charge >= 0.3 is 5.97 Å². The van der Waals surface area contributed by atoms with Crippen LogP contribution in [0.1, 0.15) is 10.4 Å². The van der Waals surface area contributed by atoms with Crippen molar-refractivity contribution in [3.8, 4) is 28.0 Å². The molecule has 6 heteroatoms. The minimum absolute atomic E-state index is 0.429. The third-order valence-corrected chi connectivity index (χ3v) is 6.20. The highest BCUT2D eigenvalue weighted by atomic mass is 16.5. The number of hydrogen-bond donors (Lipinski definition) is 0. The van der Waals surface area contributed by atoms with Gasteiger partial charge in [0.2, 0.25) is 0 Å². The van der Waals surface area contributed by atoms with E-state index in [1.807, 2.05) is 97.1 Å². The van der Waals surface area contributed by atoms with Crippen LogP contribution in [0.25, 0.3) is 22.3 Å². The number of esters is 1. The molecule has 0 N–H and O–H groups in total. The molecule has 6 nitrogen and oxygen atoms in total. The van der Waals surface area contributed by atoms with Crippen molar-refractivity contribution in [2.24, 2.45) is 20.5 Å². The van der Waals surface area contributed by atoms with Gasteiger partial charge in [-0.05, 0) is 42.0 Å². The molecule has 0 saturated carbocycles. The molecule has 186 valence electrons. The number of nitrogens with zero attached hydrogens (tertiary/aromatic N) is 4. The van der Waals surface area contributed by atoms with Gasteiger partial charge in [-0.3, -0.25) is 0 Å². The van der Waals surface area contributed by atoms with Crippen LogP contribution in [0.4, 0.5) is 22.7 Å². The lowest BCUT2D eigenvalue weighted by molar-refractivity contribution is 0.0736. The Hall–Kier alpha value is -5.49. The Morgan fingerprint density at radius 2 is 1.10 bits per heavy atom. The van der Waals surface area contributed by atoms with Crippen molar-refractivity contribution in [1.29, 1.82) is 0 Å². The molecule has 0 aliphatic heterocycles. The van der Waals surface area contributed by atoms with E-state index in [9.17, 15) is 4.79 Å². The van der Waals surface area contributed by atoms with Crippen LogP contribution in [-0.2, 0) is 0 Å². The first-order valence-electron chi connectivity index (χ1n) is 12.4. The quantitative estimate of drug-likeness (QED) is 0.166. The maximum Gasteiger partial charge on any atom is 0.343 e. The highest BCUT2D eigenvalue weighted by molar-refractivity contribution is 5.94. The van der Waals surface area contributed by atoms with E-state index in [-0.39, 0.29) is 0 Å². The second-order valence-electron chi connectivity index (χ2n) is 8.81. The van der Waals surface area contributed by atoms with Gasteiger partial charge in [0.25, 0.3) is 0 Å². The molecule has 0 amide bonds. The van der Waals surface area contributed by atoms with Crippen LogP contribution in [0.3, 0.4) is 0 Å². The van der Waals surface area contributed by atoms with Crippen LogP contribution >= 0.6 is 0 Å². The summed E-state index contributed by atoms with van der Waals surface area (Å²) in [7, 11) is 0. The number of azo groups is 2. The molecule has 0 atom stereocenters. The standard InChI is InChI=1S/C33H22N4O2/c38-33(24-12-5-1-6-13-24)39-32-22-31(28-17-8-3-9-18-29(28)32)37-35-26-15-10-14-25(21-26)34-36-30-20-19-23-11-4-2-7-16-27(23)30/h1-22H. The second-order valence-corrected chi connectivity index (χ2v) is 8.81. The van der Waals surface area contributed by atoms with Crippen LogP contribution in [0.5, 0.6) is 5.75 Å². The molecule has 0 unspecified atom stereocenters. The molecule has 0 bridgehead atoms. The molecule has 4 aliphatic rings. The number of carbonyl (C=O) groups excluding carboxylic acids is 1. The predicted molar refractivity (Wildman–Crippen MR) is 152 cm³/mol. The van der Waals surface area contributed by atoms with Crippen molar-refractivity contribution in [1.82, 2.24) is 0 Å². The van der Waals surface area contributed by atoms with E-state index in [0.717, 1.165) is 27.9 Å². The highest BCUT2D eigenvalue weighted by Gasteiger charge is 2.19. The zero-order chi connectivity index (χ0) is 26.4. The van der Waals surface area contributed by atoms with E-state index in [1.165, 1.54) is 0 Å². The van der Waals surface area contributed by atoms with E-state index >= 15 is 0 Å². The third-order valence-electron chi connectivity index (χ3n) is 6.20. The SMILES string of the molecule is O=C(Oc1cc(N=Nc2cccc(N=Nc3ccc4cccccc3-4)c2)c2cccccc1-2)c1ccccc1. The molecule has 0 heterocycles. The Kier molecular flexibility index (Phi) is 6.65. The number of hydrogen-bond acceptors (Lipinski definition) is 6. The minimum atomic E-state index is -0.429. The molecule has 0 fully saturated rings. The average Bonchev–Trinajstić information content (AvgIpc) is 3.26. The zero-order valence-corrected chi connectivity index (χ0v) is 20.8. The van der Waals surface area contributed by atoms with Crippen molar-refractivity contribution in [3.05, 3.63) is 139 Å². The topological polar surface area (TPSA) is 75.7 Å². The van der Waals surface area contributed by atoms with Gasteiger partial charge in [-0.2, -0.15) is 10.2 Å². The Labute approximate surface area is 225 Å². The van der Waals surface area contributed by atoms with Crippen molar-refractivity contribution in [3.63, 3.8) is 0 Å². The van der Waals surface area contributed by atoms with Gasteiger partial charge in [-0.1, -0.05) is 91.0 Å². The molecular weight excluding hydrogens is 484 g/mol. The van der Waals surface area contributed by atoms with Gasteiger partial charge in [0.15, 0.2) is 0 Å². The Morgan fingerprint density at radius 3 is 1.85 bits per heavy atom. The first-order chi connectivity index (χ1) is 19.2. The van der Waals surface area contributed by atoms with Crippen LogP contribution in [0.15, 0.2) is 154 Å². The molecule has 0 spiro atoms. The van der Waals surface area contributed by atoms with E-state index in [0.29, 0.717) is 28.4 Å². The van der Waals surface area contributed by atoms with Gasteiger partial charge in [-0.25, -0.2) is 4.79 Å². The summed E-state index contributed by atoms with van der Waals surface area (Å²) in [6.45, 7) is 0. The Balaban J connectivity index is 1.25. The molecule has 2 aromatic carbocycles. The average molecular weight is 507 g/mol. The smallest absolute Gasteiger partial charge is 0.343 e. The molecular formula is C33H22N4O2. The number of rotatable bonds is 6. The molecule has 0 saturated heterocycles. The first-order valence-corrected chi connectivity index (χ1v) is 12.4. The maximum atomic E-state index is 12.7. The van der Waals surface area contributed by atoms with Gasteiger partial charge < -0.3 is 4.74 Å². The highest BCUT2D eigenvalue weighted by Crippen LogP contribution is 2.43. The summed E-state index contributed by atoms with van der Waals surface area (Å²) in [4.78, 5) is 12.7. The predicted octanol–water partition coefficient (Wildman–Crippen LogP) is 9.95. The van der Waals surface area contributed by atoms with Crippen molar-refractivity contribution < 1.29 is 9.53 Å². The zero-order valence-electron chi connectivity index (χ0n) is 20.8. The Bertz CT molecular complexity index is 1760. The molecule has 0 radical (unpaired) electrons. The maximum absolute atomic E-state index is 12.7. The normalized spacial score (nSPS) is 11.5. The van der Waals surface area contributed by atoms with Crippen LogP contribution in [0, 0.1) is 0 Å². The summed E-state index contributed by atoms with van der Waals surface area (Å²) in [5.74, 6) is 0.00351. The van der Waals surface area contributed by atoms with Gasteiger partial charge in [0.1, 0.15) is 5.75 Å². The van der Waals surface area contributed by atoms with Crippen molar-refractivity contribution in [2.75, 3.05) is 0 Å². The number of carbonyl (C=O) groups is 1. The van der Waals surface area contributed by atoms with Gasteiger partial charge in [-0.15, -0.1) is 10.2 Å².